The zero-order chi connectivity index (χ0) is 29.4. The Bertz CT molecular complexity index is 1540. The van der Waals surface area contributed by atoms with Crippen LogP contribution >= 0.6 is 11.6 Å². The van der Waals surface area contributed by atoms with Crippen LogP contribution in [0.3, 0.4) is 0 Å². The average Bonchev–Trinajstić information content (AvgIpc) is 2.97. The highest BCUT2D eigenvalue weighted by atomic mass is 35.5. The Kier molecular flexibility index (Phi) is 10.3. The fraction of sp³-hybridized carbons (Fsp3) is 0.242. The van der Waals surface area contributed by atoms with E-state index in [1.54, 1.807) is 43.3 Å². The molecule has 4 aromatic rings. The molecule has 2 atom stereocenters. The molecule has 0 saturated heterocycles. The Balaban J connectivity index is 1.45. The highest BCUT2D eigenvalue weighted by Crippen LogP contribution is 2.26. The first-order valence-electron chi connectivity index (χ1n) is 13.5. The summed E-state index contributed by atoms with van der Waals surface area (Å²) < 4.78 is 26.4. The van der Waals surface area contributed by atoms with Crippen LogP contribution in [0.2, 0.25) is 5.02 Å². The minimum absolute atomic E-state index is 0.123. The molecule has 0 aliphatic rings. The van der Waals surface area contributed by atoms with Crippen molar-refractivity contribution in [2.24, 2.45) is 0 Å². The summed E-state index contributed by atoms with van der Waals surface area (Å²) in [6.07, 6.45) is 0.377. The molecule has 0 aliphatic heterocycles. The minimum atomic E-state index is -3.75. The number of hydrogen-bond acceptors (Lipinski definition) is 5. The molecule has 0 bridgehead atoms. The number of sulfone groups is 1. The van der Waals surface area contributed by atoms with Crippen LogP contribution in [0, 0.1) is 0 Å². The van der Waals surface area contributed by atoms with Crippen LogP contribution in [-0.4, -0.2) is 42.6 Å². The van der Waals surface area contributed by atoms with E-state index >= 15 is 0 Å². The molecule has 0 radical (unpaired) electrons. The summed E-state index contributed by atoms with van der Waals surface area (Å²) in [6, 6.07) is 30.2. The summed E-state index contributed by atoms with van der Waals surface area (Å²) in [7, 11) is -3.75. The lowest BCUT2D eigenvalue weighted by Crippen LogP contribution is -2.30. The molecule has 0 fully saturated rings. The Labute approximate surface area is 246 Å². The summed E-state index contributed by atoms with van der Waals surface area (Å²) in [6.45, 7) is 3.51. The van der Waals surface area contributed by atoms with E-state index in [1.807, 2.05) is 42.5 Å². The van der Waals surface area contributed by atoms with Gasteiger partial charge in [-0.2, -0.15) is 0 Å². The van der Waals surface area contributed by atoms with E-state index in [0.29, 0.717) is 43.1 Å². The first-order valence-corrected chi connectivity index (χ1v) is 15.4. The van der Waals surface area contributed by atoms with Crippen molar-refractivity contribution in [3.63, 3.8) is 0 Å². The van der Waals surface area contributed by atoms with Gasteiger partial charge >= 0.3 is 5.97 Å². The Morgan fingerprint density at radius 3 is 2.05 bits per heavy atom. The Morgan fingerprint density at radius 1 is 0.829 bits per heavy atom. The van der Waals surface area contributed by atoms with Crippen molar-refractivity contribution in [1.29, 1.82) is 0 Å². The molecule has 0 amide bonds. The van der Waals surface area contributed by atoms with E-state index in [-0.39, 0.29) is 9.79 Å². The number of rotatable bonds is 13. The molecular formula is C33H34ClNO5S. The normalized spacial score (nSPS) is 13.2. The van der Waals surface area contributed by atoms with Crippen LogP contribution in [0.5, 0.6) is 0 Å². The van der Waals surface area contributed by atoms with Gasteiger partial charge in [-0.25, -0.2) is 8.42 Å². The smallest absolute Gasteiger partial charge is 0.310 e. The second kappa shape index (κ2) is 13.9. The number of aliphatic hydroxyl groups excluding tert-OH is 1. The molecule has 8 heteroatoms. The molecule has 41 heavy (non-hydrogen) atoms. The van der Waals surface area contributed by atoms with Gasteiger partial charge in [-0.15, -0.1) is 0 Å². The summed E-state index contributed by atoms with van der Waals surface area (Å²) in [4.78, 5) is 13.9. The standard InChI is InChI=1S/C33H34ClNO5S/c1-2-31(33(37)38)26-13-17-30(18-14-26)41(39,40)29-15-11-24(12-16-29)19-20-35(22-25-7-4-3-5-8-25)23-32(36)27-9-6-10-28(34)21-27/h3-18,21,31-32,36H,2,19-20,22-23H2,1H3,(H,37,38)/t31?,32-/m0/s1. The van der Waals surface area contributed by atoms with E-state index in [9.17, 15) is 23.4 Å². The molecule has 4 rings (SSSR count). The predicted octanol–water partition coefficient (Wildman–Crippen LogP) is 6.53. The van der Waals surface area contributed by atoms with Crippen molar-refractivity contribution in [2.75, 3.05) is 13.1 Å². The quantitative estimate of drug-likeness (QED) is 0.184. The van der Waals surface area contributed by atoms with Gasteiger partial charge in [0.1, 0.15) is 0 Å². The number of aliphatic hydroxyl groups is 1. The van der Waals surface area contributed by atoms with Crippen molar-refractivity contribution in [1.82, 2.24) is 4.90 Å². The summed E-state index contributed by atoms with van der Waals surface area (Å²) in [5, 5.41) is 20.9. The fourth-order valence-electron chi connectivity index (χ4n) is 4.83. The van der Waals surface area contributed by atoms with Gasteiger partial charge in [-0.1, -0.05) is 85.3 Å². The monoisotopic (exact) mass is 591 g/mol. The van der Waals surface area contributed by atoms with E-state index in [1.165, 1.54) is 12.1 Å². The van der Waals surface area contributed by atoms with Gasteiger partial charge < -0.3 is 10.2 Å². The van der Waals surface area contributed by atoms with Gasteiger partial charge in [0.25, 0.3) is 0 Å². The molecule has 0 aromatic heterocycles. The van der Waals surface area contributed by atoms with Crippen LogP contribution in [0.25, 0.3) is 0 Å². The fourth-order valence-corrected chi connectivity index (χ4v) is 6.29. The third-order valence-corrected chi connectivity index (χ3v) is 9.18. The second-order valence-corrected chi connectivity index (χ2v) is 12.4. The average molecular weight is 592 g/mol. The summed E-state index contributed by atoms with van der Waals surface area (Å²) >= 11 is 6.13. The summed E-state index contributed by atoms with van der Waals surface area (Å²) in [5.74, 6) is -1.60. The van der Waals surface area contributed by atoms with Crippen molar-refractivity contribution >= 4 is 27.4 Å². The SMILES string of the molecule is CCC(C(=O)O)c1ccc(S(=O)(=O)c2ccc(CCN(Cc3ccccc3)C[C@H](O)c3cccc(Cl)c3)cc2)cc1. The van der Waals surface area contributed by atoms with E-state index in [2.05, 4.69) is 17.0 Å². The number of carbonyl (C=O) groups is 1. The first kappa shape index (κ1) is 30.5. The zero-order valence-electron chi connectivity index (χ0n) is 22.9. The van der Waals surface area contributed by atoms with Crippen molar-refractivity contribution < 1.29 is 23.4 Å². The number of nitrogens with zero attached hydrogens (tertiary/aromatic N) is 1. The van der Waals surface area contributed by atoms with Gasteiger partial charge in [0.15, 0.2) is 0 Å². The molecule has 0 saturated carbocycles. The maximum absolute atomic E-state index is 13.2. The second-order valence-electron chi connectivity index (χ2n) is 10.1. The Hall–Kier alpha value is -3.49. The van der Waals surface area contributed by atoms with Crippen molar-refractivity contribution in [3.05, 3.63) is 130 Å². The van der Waals surface area contributed by atoms with Crippen molar-refractivity contribution in [2.45, 2.75) is 48.1 Å². The number of aliphatic carboxylic acids is 1. The molecule has 4 aromatic carbocycles. The van der Waals surface area contributed by atoms with Crippen LogP contribution in [0.4, 0.5) is 0 Å². The van der Waals surface area contributed by atoms with Crippen LogP contribution in [0.1, 0.15) is 47.6 Å². The van der Waals surface area contributed by atoms with Gasteiger partial charge in [-0.3, -0.25) is 9.69 Å². The first-order chi connectivity index (χ1) is 19.7. The zero-order valence-corrected chi connectivity index (χ0v) is 24.4. The molecule has 2 N–H and O–H groups in total. The molecule has 0 spiro atoms. The lowest BCUT2D eigenvalue weighted by Gasteiger charge is -2.25. The topological polar surface area (TPSA) is 94.9 Å². The number of carboxylic acid groups (broad SMARTS) is 1. The van der Waals surface area contributed by atoms with Crippen LogP contribution < -0.4 is 0 Å². The van der Waals surface area contributed by atoms with Gasteiger partial charge in [0.2, 0.25) is 9.84 Å². The number of carboxylic acids is 1. The number of benzene rings is 4. The third kappa shape index (κ3) is 8.05. The van der Waals surface area contributed by atoms with E-state index < -0.39 is 27.8 Å². The highest BCUT2D eigenvalue weighted by Gasteiger charge is 2.21. The Morgan fingerprint density at radius 2 is 1.46 bits per heavy atom. The van der Waals surface area contributed by atoms with Crippen LogP contribution in [-0.2, 0) is 27.6 Å². The molecular weight excluding hydrogens is 558 g/mol. The number of hydrogen-bond donors (Lipinski definition) is 2. The summed E-state index contributed by atoms with van der Waals surface area (Å²) in [5.41, 5.74) is 3.44. The largest absolute Gasteiger partial charge is 0.481 e. The van der Waals surface area contributed by atoms with Gasteiger partial charge in [0, 0.05) is 24.7 Å². The molecule has 1 unspecified atom stereocenters. The van der Waals surface area contributed by atoms with Crippen LogP contribution in [0.15, 0.2) is 113 Å². The van der Waals surface area contributed by atoms with Gasteiger partial charge in [0.05, 0.1) is 21.8 Å². The van der Waals surface area contributed by atoms with Gasteiger partial charge in [-0.05, 0) is 71.5 Å². The highest BCUT2D eigenvalue weighted by molar-refractivity contribution is 7.91. The lowest BCUT2D eigenvalue weighted by atomic mass is 9.97. The molecule has 0 heterocycles. The molecule has 214 valence electrons. The van der Waals surface area contributed by atoms with E-state index in [4.69, 9.17) is 11.6 Å². The number of halogens is 1. The lowest BCUT2D eigenvalue weighted by molar-refractivity contribution is -0.138. The third-order valence-electron chi connectivity index (χ3n) is 7.16. The maximum Gasteiger partial charge on any atom is 0.310 e. The molecule has 0 aliphatic carbocycles. The van der Waals surface area contributed by atoms with E-state index in [0.717, 1.165) is 16.7 Å². The minimum Gasteiger partial charge on any atom is -0.481 e. The molecule has 6 nitrogen and oxygen atoms in total. The maximum atomic E-state index is 13.2. The predicted molar refractivity (Wildman–Crippen MR) is 161 cm³/mol. The van der Waals surface area contributed by atoms with Crippen molar-refractivity contribution in [3.8, 4) is 0 Å².